The van der Waals surface area contributed by atoms with E-state index in [1.165, 1.54) is 19.4 Å². The van der Waals surface area contributed by atoms with E-state index in [9.17, 15) is 58.2 Å². The second-order valence-electron chi connectivity index (χ2n) is 14.0. The molecule has 0 spiro atoms. The van der Waals surface area contributed by atoms with Gasteiger partial charge in [-0.05, 0) is 52.0 Å². The largest absolute Gasteiger partial charge is 0.481 e. The fourth-order valence-corrected chi connectivity index (χ4v) is 5.15. The van der Waals surface area contributed by atoms with Crippen LogP contribution in [0.1, 0.15) is 70.9 Å². The molecule has 1 rings (SSSR count). The third-order valence-electron chi connectivity index (χ3n) is 8.41. The molecule has 0 saturated carbocycles. The molecule has 1 aromatic rings. The summed E-state index contributed by atoms with van der Waals surface area (Å²) in [5, 5.41) is 51.2. The van der Waals surface area contributed by atoms with Crippen LogP contribution in [0.3, 0.4) is 0 Å². The van der Waals surface area contributed by atoms with Crippen LogP contribution in [0.2, 0.25) is 0 Å². The van der Waals surface area contributed by atoms with Crippen LogP contribution in [0.15, 0.2) is 17.5 Å². The Labute approximate surface area is 371 Å². The van der Waals surface area contributed by atoms with Gasteiger partial charge in [-0.15, -0.1) is 0 Å². The van der Waals surface area contributed by atoms with Gasteiger partial charge >= 0.3 is 17.9 Å². The van der Waals surface area contributed by atoms with Crippen molar-refractivity contribution in [2.24, 2.45) is 27.9 Å². The first kappa shape index (κ1) is 57.6. The lowest BCUT2D eigenvalue weighted by Crippen LogP contribution is -2.59. The number of amides is 7. The monoisotopic (exact) mass is 928 g/mol. The number of aromatic amines is 1. The Morgan fingerprint density at radius 2 is 1.28 bits per heavy atom. The second-order valence-corrected chi connectivity index (χ2v) is 14.0. The van der Waals surface area contributed by atoms with Crippen LogP contribution >= 0.6 is 0 Å². The van der Waals surface area contributed by atoms with Crippen molar-refractivity contribution in [2.45, 2.75) is 108 Å². The highest BCUT2D eigenvalue weighted by Gasteiger charge is 2.32. The number of hydrogen-bond acceptors (Lipinski definition) is 15. The van der Waals surface area contributed by atoms with E-state index in [-0.39, 0.29) is 51.2 Å². The molecular weight excluding hydrogens is 868 g/mol. The Hall–Kier alpha value is -7.43. The van der Waals surface area contributed by atoms with Crippen molar-refractivity contribution in [3.63, 3.8) is 0 Å². The molecule has 20 N–H and O–H groups in total. The van der Waals surface area contributed by atoms with Crippen LogP contribution < -0.4 is 60.2 Å². The zero-order chi connectivity index (χ0) is 49.6. The number of hydrogen-bond donors (Lipinski definition) is 16. The summed E-state index contributed by atoms with van der Waals surface area (Å²) in [6.45, 7) is 1.26. The first-order valence-electron chi connectivity index (χ1n) is 19.9. The minimum absolute atomic E-state index is 0.0340. The Balaban J connectivity index is 0.00000979. The van der Waals surface area contributed by atoms with Crippen LogP contribution in [0.5, 0.6) is 0 Å². The minimum atomic E-state index is -1.80. The number of imidazole rings is 1. The van der Waals surface area contributed by atoms with E-state index >= 15 is 0 Å². The molecule has 364 valence electrons. The number of aliphatic imine (C=N–C) groups is 1. The van der Waals surface area contributed by atoms with Crippen molar-refractivity contribution in [1.29, 1.82) is 0 Å². The number of carbonyl (C=O) groups is 11. The molecule has 1 heterocycles. The van der Waals surface area contributed by atoms with Gasteiger partial charge in [0.1, 0.15) is 30.2 Å². The molecule has 0 saturated heterocycles. The lowest BCUT2D eigenvalue weighted by molar-refractivity contribution is -0.142. The molecule has 1 unspecified atom stereocenters. The first-order valence-corrected chi connectivity index (χ1v) is 19.9. The molecule has 0 radical (unpaired) electrons. The smallest absolute Gasteiger partial charge is 0.326 e. The average molecular weight is 929 g/mol. The fourth-order valence-electron chi connectivity index (χ4n) is 5.15. The molecule has 65 heavy (non-hydrogen) atoms. The highest BCUT2D eigenvalue weighted by atomic mass is 16.4. The number of nitrogens with zero attached hydrogens (tertiary/aromatic N) is 2. The van der Waals surface area contributed by atoms with Crippen molar-refractivity contribution in [3.8, 4) is 0 Å². The third kappa shape index (κ3) is 27.3. The predicted molar refractivity (Wildman–Crippen MR) is 224 cm³/mol. The Morgan fingerprint density at radius 1 is 0.692 bits per heavy atom. The van der Waals surface area contributed by atoms with Gasteiger partial charge in [-0.3, -0.25) is 52.9 Å². The minimum Gasteiger partial charge on any atom is -0.481 e. The van der Waals surface area contributed by atoms with Gasteiger partial charge < -0.3 is 85.6 Å². The standard InChI is InChI=1S/C34H56N14O13.C2H4O2/c1-17(44-31(58)20(5-2-3-9-35)46-29(56)19(36)7-8-26(51)52)28(55)47-22(11-18-13-39-16-43-18)32(59)48-23(12-27(53)54)30(57)42-14-24(49)41-15-25(50)45-21(33(60)61)6-4-10-40-34(37)38;1-2(3)4/h13,16-17,19-23H,2-12,14-15,35-36H2,1H3,(H,39,43)(H,41,49)(H,42,57)(H,44,58)(H,45,50)(H,46,56)(H,47,55)(H,48,59)(H,51,52)(H,53,54)(H,60,61)(H4,37,38,40);1H3,(H,3,4)/t17-,19+,20+,21+,22+,23?;/m1./s1. The maximum absolute atomic E-state index is 13.5. The van der Waals surface area contributed by atoms with Gasteiger partial charge in [-0.25, -0.2) is 9.78 Å². The van der Waals surface area contributed by atoms with Crippen molar-refractivity contribution in [3.05, 3.63) is 18.2 Å². The van der Waals surface area contributed by atoms with E-state index in [0.29, 0.717) is 18.5 Å². The molecule has 29 heteroatoms. The van der Waals surface area contributed by atoms with Crippen LogP contribution in [0.4, 0.5) is 0 Å². The molecule has 29 nitrogen and oxygen atoms in total. The molecule has 0 fully saturated rings. The molecule has 0 bridgehead atoms. The molecule has 6 atom stereocenters. The molecule has 1 aromatic heterocycles. The zero-order valence-electron chi connectivity index (χ0n) is 35.8. The lowest BCUT2D eigenvalue weighted by Gasteiger charge is -2.25. The van der Waals surface area contributed by atoms with Crippen molar-refractivity contribution in [1.82, 2.24) is 47.2 Å². The zero-order valence-corrected chi connectivity index (χ0v) is 35.8. The third-order valence-corrected chi connectivity index (χ3v) is 8.41. The predicted octanol–water partition coefficient (Wildman–Crippen LogP) is -6.35. The van der Waals surface area contributed by atoms with E-state index < -0.39 is 127 Å². The molecule has 0 aliphatic heterocycles. The summed E-state index contributed by atoms with van der Waals surface area (Å²) in [7, 11) is 0. The Morgan fingerprint density at radius 3 is 1.83 bits per heavy atom. The number of carbonyl (C=O) groups excluding carboxylic acids is 7. The number of nitrogens with two attached hydrogens (primary N) is 4. The summed E-state index contributed by atoms with van der Waals surface area (Å²) in [6, 6.07) is -8.42. The van der Waals surface area contributed by atoms with E-state index in [0.717, 1.165) is 6.92 Å². The van der Waals surface area contributed by atoms with Gasteiger partial charge in [-0.1, -0.05) is 0 Å². The summed E-state index contributed by atoms with van der Waals surface area (Å²) >= 11 is 0. The van der Waals surface area contributed by atoms with Crippen LogP contribution in [-0.2, 0) is 59.2 Å². The van der Waals surface area contributed by atoms with Gasteiger partial charge in [-0.2, -0.15) is 0 Å². The Bertz CT molecular complexity index is 1800. The van der Waals surface area contributed by atoms with Crippen LogP contribution in [0, 0.1) is 0 Å². The highest BCUT2D eigenvalue weighted by Crippen LogP contribution is 2.06. The summed E-state index contributed by atoms with van der Waals surface area (Å²) in [5.74, 6) is -11.6. The van der Waals surface area contributed by atoms with E-state index in [2.05, 4.69) is 52.2 Å². The van der Waals surface area contributed by atoms with E-state index in [1.807, 2.05) is 0 Å². The number of carboxylic acid groups (broad SMARTS) is 4. The number of nitrogens with one attached hydrogen (secondary N) is 8. The number of aliphatic carboxylic acids is 4. The topological polar surface area (TPSA) is 498 Å². The maximum atomic E-state index is 13.5. The molecule has 7 amide bonds. The second kappa shape index (κ2) is 31.4. The van der Waals surface area contributed by atoms with Gasteiger partial charge in [0.2, 0.25) is 41.4 Å². The quantitative estimate of drug-likeness (QED) is 0.0194. The first-order chi connectivity index (χ1) is 30.5. The van der Waals surface area contributed by atoms with Crippen molar-refractivity contribution in [2.75, 3.05) is 26.2 Å². The molecular formula is C36H60N14O15. The van der Waals surface area contributed by atoms with E-state index in [1.54, 1.807) is 0 Å². The van der Waals surface area contributed by atoms with E-state index in [4.69, 9.17) is 37.9 Å². The number of rotatable bonds is 30. The number of aromatic nitrogens is 2. The number of carboxylic acids is 4. The van der Waals surface area contributed by atoms with Crippen molar-refractivity contribution >= 4 is 71.2 Å². The number of guanidine groups is 1. The SMILES string of the molecule is CC(=O)O.C[C@@H](NC(=O)[C@H](CCCCN)NC(=O)[C@@H](N)CCC(=O)O)C(=O)N[C@@H](Cc1cnc[nH]1)C(=O)NC(CC(=O)O)C(=O)NCC(=O)NCC(=O)N[C@@H](CCCN=C(N)N)C(=O)O. The van der Waals surface area contributed by atoms with Crippen LogP contribution in [0.25, 0.3) is 0 Å². The normalized spacial score (nSPS) is 13.2. The van der Waals surface area contributed by atoms with Gasteiger partial charge in [0, 0.05) is 38.2 Å². The lowest BCUT2D eigenvalue weighted by atomic mass is 10.1. The number of unbranched alkanes of at least 4 members (excludes halogenated alkanes) is 1. The molecule has 0 aliphatic carbocycles. The van der Waals surface area contributed by atoms with Crippen molar-refractivity contribution < 1.29 is 73.2 Å². The Kier molecular flexibility index (Phi) is 27.8. The number of H-pyrrole nitrogens is 1. The fraction of sp³-hybridized carbons (Fsp3) is 0.583. The highest BCUT2D eigenvalue weighted by molar-refractivity contribution is 5.97. The summed E-state index contributed by atoms with van der Waals surface area (Å²) in [5.41, 5.74) is 22.1. The van der Waals surface area contributed by atoms with Gasteiger partial charge in [0.15, 0.2) is 5.96 Å². The average Bonchev–Trinajstić information content (AvgIpc) is 3.73. The summed E-state index contributed by atoms with van der Waals surface area (Å²) in [4.78, 5) is 144. The maximum Gasteiger partial charge on any atom is 0.326 e. The summed E-state index contributed by atoms with van der Waals surface area (Å²) < 4.78 is 0. The van der Waals surface area contributed by atoms with Crippen LogP contribution in [-0.4, -0.2) is 164 Å². The van der Waals surface area contributed by atoms with Gasteiger partial charge in [0.25, 0.3) is 5.97 Å². The summed E-state index contributed by atoms with van der Waals surface area (Å²) in [6.07, 6.45) is 1.89. The molecule has 0 aromatic carbocycles. The molecule has 0 aliphatic rings. The van der Waals surface area contributed by atoms with Gasteiger partial charge in [0.05, 0.1) is 31.9 Å².